The van der Waals surface area contributed by atoms with Gasteiger partial charge in [0.25, 0.3) is 0 Å². The van der Waals surface area contributed by atoms with E-state index >= 15 is 0 Å². The number of hydrogen-bond acceptors (Lipinski definition) is 2. The molecule has 0 heterocycles. The largest absolute Gasteiger partial charge is 0.490 e. The number of rotatable bonds is 3. The fourth-order valence-corrected chi connectivity index (χ4v) is 2.90. The van der Waals surface area contributed by atoms with Crippen LogP contribution in [0.25, 0.3) is 0 Å². The summed E-state index contributed by atoms with van der Waals surface area (Å²) in [6.07, 6.45) is 3.91. The summed E-state index contributed by atoms with van der Waals surface area (Å²) in [4.78, 5) is 0. The smallest absolute Gasteiger partial charge is 0.122 e. The van der Waals surface area contributed by atoms with Gasteiger partial charge in [0, 0.05) is 5.92 Å². The Hall–Kier alpha value is -1.02. The summed E-state index contributed by atoms with van der Waals surface area (Å²) in [6.45, 7) is 7.28. The molecule has 0 spiro atoms. The SMILES string of the molecule is Cc1ccc(OC2CC(C)CCC2CN)c(C)c1. The van der Waals surface area contributed by atoms with E-state index in [0.29, 0.717) is 12.0 Å². The van der Waals surface area contributed by atoms with Crippen molar-refractivity contribution in [2.24, 2.45) is 17.6 Å². The van der Waals surface area contributed by atoms with Crippen LogP contribution in [0.2, 0.25) is 0 Å². The maximum absolute atomic E-state index is 6.24. The number of aryl methyl sites for hydroxylation is 2. The van der Waals surface area contributed by atoms with E-state index in [-0.39, 0.29) is 0 Å². The van der Waals surface area contributed by atoms with Crippen LogP contribution in [0.5, 0.6) is 5.75 Å². The highest BCUT2D eigenvalue weighted by Crippen LogP contribution is 2.32. The zero-order chi connectivity index (χ0) is 13.1. The molecule has 0 aromatic heterocycles. The standard InChI is InChI=1S/C16H25NO/c1-11-5-7-15(13(3)8-11)18-16-9-12(2)4-6-14(16)10-17/h5,7-8,12,14,16H,4,6,9-10,17H2,1-3H3. The highest BCUT2D eigenvalue weighted by molar-refractivity contribution is 5.35. The van der Waals surface area contributed by atoms with Crippen molar-refractivity contribution in [3.05, 3.63) is 29.3 Å². The molecule has 3 unspecified atom stereocenters. The number of ether oxygens (including phenoxy) is 1. The lowest BCUT2D eigenvalue weighted by atomic mass is 9.80. The first-order chi connectivity index (χ1) is 8.60. The van der Waals surface area contributed by atoms with E-state index in [9.17, 15) is 0 Å². The number of benzene rings is 1. The van der Waals surface area contributed by atoms with Crippen LogP contribution in [0.3, 0.4) is 0 Å². The molecule has 1 saturated carbocycles. The molecular formula is C16H25NO. The minimum absolute atomic E-state index is 0.292. The predicted octanol–water partition coefficient (Wildman–Crippen LogP) is 3.45. The monoisotopic (exact) mass is 247 g/mol. The Labute approximate surface area is 111 Å². The highest BCUT2D eigenvalue weighted by atomic mass is 16.5. The Kier molecular flexibility index (Phi) is 4.28. The molecule has 2 nitrogen and oxygen atoms in total. The molecule has 18 heavy (non-hydrogen) atoms. The van der Waals surface area contributed by atoms with E-state index in [0.717, 1.165) is 24.6 Å². The van der Waals surface area contributed by atoms with Gasteiger partial charge in [-0.05, 0) is 50.8 Å². The predicted molar refractivity (Wildman–Crippen MR) is 75.9 cm³/mol. The fraction of sp³-hybridized carbons (Fsp3) is 0.625. The van der Waals surface area contributed by atoms with Gasteiger partial charge in [0.15, 0.2) is 0 Å². The first kappa shape index (κ1) is 13.4. The van der Waals surface area contributed by atoms with Gasteiger partial charge in [-0.15, -0.1) is 0 Å². The number of nitrogens with two attached hydrogens (primary N) is 1. The molecule has 0 saturated heterocycles. The van der Waals surface area contributed by atoms with Crippen molar-refractivity contribution >= 4 is 0 Å². The summed E-state index contributed by atoms with van der Waals surface area (Å²) in [6, 6.07) is 6.39. The van der Waals surface area contributed by atoms with Crippen LogP contribution >= 0.6 is 0 Å². The zero-order valence-corrected chi connectivity index (χ0v) is 11.8. The van der Waals surface area contributed by atoms with Crippen molar-refractivity contribution in [1.29, 1.82) is 0 Å². The lowest BCUT2D eigenvalue weighted by Gasteiger charge is -2.34. The molecule has 2 N–H and O–H groups in total. The molecule has 1 aliphatic rings. The van der Waals surface area contributed by atoms with E-state index < -0.39 is 0 Å². The second kappa shape index (κ2) is 5.75. The van der Waals surface area contributed by atoms with Gasteiger partial charge in [0.2, 0.25) is 0 Å². The van der Waals surface area contributed by atoms with Crippen LogP contribution in [0.4, 0.5) is 0 Å². The van der Waals surface area contributed by atoms with Crippen LogP contribution in [-0.2, 0) is 0 Å². The summed E-state index contributed by atoms with van der Waals surface area (Å²) in [7, 11) is 0. The van der Waals surface area contributed by atoms with Gasteiger partial charge in [-0.1, -0.05) is 31.0 Å². The molecule has 2 rings (SSSR count). The summed E-state index contributed by atoms with van der Waals surface area (Å²) >= 11 is 0. The Morgan fingerprint density at radius 3 is 2.72 bits per heavy atom. The van der Waals surface area contributed by atoms with E-state index in [1.807, 2.05) is 0 Å². The van der Waals surface area contributed by atoms with Crippen LogP contribution in [0.1, 0.15) is 37.3 Å². The van der Waals surface area contributed by atoms with Gasteiger partial charge < -0.3 is 10.5 Å². The molecule has 1 aromatic rings. The fourth-order valence-electron chi connectivity index (χ4n) is 2.90. The molecule has 100 valence electrons. The third-order valence-corrected chi connectivity index (χ3v) is 4.10. The van der Waals surface area contributed by atoms with E-state index in [4.69, 9.17) is 10.5 Å². The maximum atomic E-state index is 6.24. The summed E-state index contributed by atoms with van der Waals surface area (Å²) in [5, 5.41) is 0. The average molecular weight is 247 g/mol. The highest BCUT2D eigenvalue weighted by Gasteiger charge is 2.29. The normalized spacial score (nSPS) is 28.1. The molecule has 1 aliphatic carbocycles. The van der Waals surface area contributed by atoms with Gasteiger partial charge in [-0.2, -0.15) is 0 Å². The van der Waals surface area contributed by atoms with E-state index in [1.54, 1.807) is 0 Å². The molecule has 0 bridgehead atoms. The lowest BCUT2D eigenvalue weighted by Crippen LogP contribution is -2.37. The van der Waals surface area contributed by atoms with E-state index in [2.05, 4.69) is 39.0 Å². The molecule has 1 fully saturated rings. The molecule has 0 amide bonds. The van der Waals surface area contributed by atoms with Gasteiger partial charge in [-0.25, -0.2) is 0 Å². The van der Waals surface area contributed by atoms with Crippen molar-refractivity contribution in [2.45, 2.75) is 46.1 Å². The molecule has 0 radical (unpaired) electrons. The second-order valence-electron chi connectivity index (χ2n) is 5.84. The van der Waals surface area contributed by atoms with Crippen LogP contribution < -0.4 is 10.5 Å². The van der Waals surface area contributed by atoms with Crippen molar-refractivity contribution in [1.82, 2.24) is 0 Å². The van der Waals surface area contributed by atoms with Crippen LogP contribution in [-0.4, -0.2) is 12.6 Å². The number of hydrogen-bond donors (Lipinski definition) is 1. The quantitative estimate of drug-likeness (QED) is 0.888. The first-order valence-corrected chi connectivity index (χ1v) is 7.04. The first-order valence-electron chi connectivity index (χ1n) is 7.04. The van der Waals surface area contributed by atoms with Gasteiger partial charge in [0.05, 0.1) is 0 Å². The topological polar surface area (TPSA) is 35.2 Å². The Bertz CT molecular complexity index is 402. The van der Waals surface area contributed by atoms with Crippen molar-refractivity contribution in [3.8, 4) is 5.75 Å². The summed E-state index contributed by atoms with van der Waals surface area (Å²) in [5.41, 5.74) is 8.39. The second-order valence-corrected chi connectivity index (χ2v) is 5.84. The Morgan fingerprint density at radius 2 is 2.06 bits per heavy atom. The van der Waals surface area contributed by atoms with Gasteiger partial charge in [0.1, 0.15) is 11.9 Å². The Morgan fingerprint density at radius 1 is 1.28 bits per heavy atom. The van der Waals surface area contributed by atoms with E-state index in [1.165, 1.54) is 24.0 Å². The minimum atomic E-state index is 0.292. The van der Waals surface area contributed by atoms with Crippen LogP contribution in [0.15, 0.2) is 18.2 Å². The van der Waals surface area contributed by atoms with Gasteiger partial charge >= 0.3 is 0 Å². The van der Waals surface area contributed by atoms with Crippen molar-refractivity contribution in [2.75, 3.05) is 6.54 Å². The molecule has 1 aromatic carbocycles. The lowest BCUT2D eigenvalue weighted by molar-refractivity contribution is 0.0736. The Balaban J connectivity index is 2.10. The average Bonchev–Trinajstić information content (AvgIpc) is 2.33. The molecular weight excluding hydrogens is 222 g/mol. The van der Waals surface area contributed by atoms with Crippen molar-refractivity contribution in [3.63, 3.8) is 0 Å². The third kappa shape index (κ3) is 3.05. The van der Waals surface area contributed by atoms with Crippen LogP contribution in [0, 0.1) is 25.7 Å². The van der Waals surface area contributed by atoms with Gasteiger partial charge in [-0.3, -0.25) is 0 Å². The minimum Gasteiger partial charge on any atom is -0.490 e. The zero-order valence-electron chi connectivity index (χ0n) is 11.8. The maximum Gasteiger partial charge on any atom is 0.122 e. The summed E-state index contributed by atoms with van der Waals surface area (Å²) < 4.78 is 6.24. The third-order valence-electron chi connectivity index (χ3n) is 4.10. The van der Waals surface area contributed by atoms with Crippen molar-refractivity contribution < 1.29 is 4.74 Å². The summed E-state index contributed by atoms with van der Waals surface area (Å²) in [5.74, 6) is 2.30. The molecule has 3 atom stereocenters. The molecule has 2 heteroatoms. The molecule has 0 aliphatic heterocycles.